The number of hydrogen-bond acceptors (Lipinski definition) is 3. The fourth-order valence-electron chi connectivity index (χ4n) is 1.82. The lowest BCUT2D eigenvalue weighted by molar-refractivity contribution is -0.140. The smallest absolute Gasteiger partial charge is 0.320 e. The number of carbonyl (C=O) groups is 1. The van der Waals surface area contributed by atoms with Gasteiger partial charge in [-0.25, -0.2) is 0 Å². The maximum Gasteiger partial charge on any atom is 0.320 e. The van der Waals surface area contributed by atoms with Gasteiger partial charge in [-0.15, -0.1) is 0 Å². The zero-order valence-corrected chi connectivity index (χ0v) is 9.60. The van der Waals surface area contributed by atoms with Crippen molar-refractivity contribution in [1.29, 1.82) is 0 Å². The van der Waals surface area contributed by atoms with Crippen LogP contribution in [-0.4, -0.2) is 26.9 Å². The maximum atomic E-state index is 11.0. The number of aromatic nitrogens is 2. The van der Waals surface area contributed by atoms with Gasteiger partial charge in [-0.1, -0.05) is 0 Å². The minimum Gasteiger partial charge on any atom is -0.480 e. The monoisotopic (exact) mass is 223 g/mol. The van der Waals surface area contributed by atoms with Gasteiger partial charge >= 0.3 is 5.97 Å². The molecule has 0 saturated heterocycles. The Kier molecular flexibility index (Phi) is 2.96. The topological polar surface area (TPSA) is 67.2 Å². The van der Waals surface area contributed by atoms with Gasteiger partial charge in [0.25, 0.3) is 0 Å². The summed E-state index contributed by atoms with van der Waals surface area (Å²) < 4.78 is 1.80. The fraction of sp³-hybridized carbons (Fsp3) is 0.636. The van der Waals surface area contributed by atoms with E-state index in [1.807, 2.05) is 14.0 Å². The average Bonchev–Trinajstić information content (AvgIpc) is 3.00. The molecule has 1 heterocycles. The van der Waals surface area contributed by atoms with Gasteiger partial charge in [0.15, 0.2) is 0 Å². The van der Waals surface area contributed by atoms with Crippen molar-refractivity contribution in [3.8, 4) is 0 Å². The van der Waals surface area contributed by atoms with Crippen LogP contribution in [0.1, 0.15) is 24.1 Å². The van der Waals surface area contributed by atoms with E-state index in [1.165, 1.54) is 0 Å². The van der Waals surface area contributed by atoms with Crippen LogP contribution in [0.25, 0.3) is 0 Å². The second kappa shape index (κ2) is 4.25. The van der Waals surface area contributed by atoms with Crippen LogP contribution >= 0.6 is 0 Å². The zero-order valence-electron chi connectivity index (χ0n) is 9.60. The summed E-state index contributed by atoms with van der Waals surface area (Å²) in [5.74, 6) is -0.432. The van der Waals surface area contributed by atoms with Crippen LogP contribution in [0.15, 0.2) is 6.20 Å². The van der Waals surface area contributed by atoms with Crippen molar-refractivity contribution in [2.24, 2.45) is 13.0 Å². The number of rotatable bonds is 5. The molecule has 2 rings (SSSR count). The molecule has 1 fully saturated rings. The van der Waals surface area contributed by atoms with Crippen molar-refractivity contribution in [2.45, 2.75) is 32.4 Å². The minimum atomic E-state index is -0.746. The average molecular weight is 223 g/mol. The number of carboxylic acid groups (broad SMARTS) is 1. The maximum absolute atomic E-state index is 11.0. The van der Waals surface area contributed by atoms with Crippen LogP contribution in [0.3, 0.4) is 0 Å². The number of nitrogens with zero attached hydrogens (tertiary/aromatic N) is 2. The second-order valence-electron chi connectivity index (χ2n) is 4.41. The summed E-state index contributed by atoms with van der Waals surface area (Å²) in [6.07, 6.45) is 3.83. The number of hydrogen-bond donors (Lipinski definition) is 2. The molecule has 1 aromatic rings. The molecule has 5 nitrogen and oxygen atoms in total. The Labute approximate surface area is 94.5 Å². The third kappa shape index (κ3) is 2.24. The summed E-state index contributed by atoms with van der Waals surface area (Å²) >= 11 is 0. The van der Waals surface area contributed by atoms with E-state index in [0.29, 0.717) is 12.5 Å². The fourth-order valence-corrected chi connectivity index (χ4v) is 1.82. The molecule has 0 spiro atoms. The molecule has 0 radical (unpaired) electrons. The van der Waals surface area contributed by atoms with Crippen molar-refractivity contribution in [3.05, 3.63) is 17.5 Å². The lowest BCUT2D eigenvalue weighted by Gasteiger charge is -2.12. The Bertz CT molecular complexity index is 396. The summed E-state index contributed by atoms with van der Waals surface area (Å²) in [6.45, 7) is 2.56. The molecule has 1 unspecified atom stereocenters. The van der Waals surface area contributed by atoms with Gasteiger partial charge in [0.05, 0.1) is 6.20 Å². The van der Waals surface area contributed by atoms with Crippen molar-refractivity contribution in [2.75, 3.05) is 0 Å². The molecule has 0 bridgehead atoms. The van der Waals surface area contributed by atoms with E-state index in [0.717, 1.165) is 24.1 Å². The molecule has 16 heavy (non-hydrogen) atoms. The van der Waals surface area contributed by atoms with E-state index in [-0.39, 0.29) is 0 Å². The van der Waals surface area contributed by atoms with Gasteiger partial charge in [0.2, 0.25) is 0 Å². The molecular weight excluding hydrogens is 206 g/mol. The van der Waals surface area contributed by atoms with Crippen molar-refractivity contribution in [1.82, 2.24) is 15.1 Å². The number of aryl methyl sites for hydroxylation is 1. The number of carboxylic acids is 1. The Morgan fingerprint density at radius 3 is 2.88 bits per heavy atom. The van der Waals surface area contributed by atoms with Crippen LogP contribution in [0, 0.1) is 12.8 Å². The molecule has 1 saturated carbocycles. The molecule has 1 aliphatic rings. The molecule has 1 atom stereocenters. The van der Waals surface area contributed by atoms with E-state index in [9.17, 15) is 4.79 Å². The standard InChI is InChI=1S/C11H17N3O2/c1-7-9(6-13-14(7)2)5-12-10(11(15)16)8-3-4-8/h6,8,10,12H,3-5H2,1-2H3,(H,15,16). The molecular formula is C11H17N3O2. The first kappa shape index (κ1) is 11.1. The summed E-state index contributed by atoms with van der Waals surface area (Å²) in [7, 11) is 1.88. The van der Waals surface area contributed by atoms with Gasteiger partial charge in [-0.05, 0) is 25.7 Å². The molecule has 0 amide bonds. The minimum absolute atomic E-state index is 0.314. The first-order valence-electron chi connectivity index (χ1n) is 5.53. The van der Waals surface area contributed by atoms with Crippen molar-refractivity contribution >= 4 is 5.97 Å². The number of aliphatic carboxylic acids is 1. The van der Waals surface area contributed by atoms with Gasteiger partial charge in [0, 0.05) is 24.8 Å². The summed E-state index contributed by atoms with van der Waals surface area (Å²) in [6, 6.07) is -0.403. The predicted molar refractivity (Wildman–Crippen MR) is 58.9 cm³/mol. The molecule has 0 aliphatic heterocycles. The molecule has 5 heteroatoms. The van der Waals surface area contributed by atoms with E-state index >= 15 is 0 Å². The van der Waals surface area contributed by atoms with E-state index < -0.39 is 12.0 Å². The highest BCUT2D eigenvalue weighted by atomic mass is 16.4. The summed E-state index contributed by atoms with van der Waals surface area (Å²) in [4.78, 5) is 11.0. The second-order valence-corrected chi connectivity index (χ2v) is 4.41. The van der Waals surface area contributed by atoms with Gasteiger partial charge < -0.3 is 5.11 Å². The van der Waals surface area contributed by atoms with E-state index in [2.05, 4.69) is 10.4 Å². The summed E-state index contributed by atoms with van der Waals surface area (Å²) in [5, 5.41) is 16.3. The molecule has 1 aliphatic carbocycles. The van der Waals surface area contributed by atoms with Crippen LogP contribution < -0.4 is 5.32 Å². The highest BCUT2D eigenvalue weighted by Crippen LogP contribution is 2.32. The Hall–Kier alpha value is -1.36. The van der Waals surface area contributed by atoms with E-state index in [1.54, 1.807) is 10.9 Å². The quantitative estimate of drug-likeness (QED) is 0.770. The molecule has 2 N–H and O–H groups in total. The van der Waals surface area contributed by atoms with Crippen molar-refractivity contribution < 1.29 is 9.90 Å². The number of nitrogens with one attached hydrogen (secondary N) is 1. The highest BCUT2D eigenvalue weighted by Gasteiger charge is 2.35. The van der Waals surface area contributed by atoms with Crippen LogP contribution in [0.5, 0.6) is 0 Å². The first-order valence-corrected chi connectivity index (χ1v) is 5.53. The predicted octanol–water partition coefficient (Wildman–Crippen LogP) is 0.681. The molecule has 88 valence electrons. The SMILES string of the molecule is Cc1c(CNC(C(=O)O)C2CC2)cnn1C. The zero-order chi connectivity index (χ0) is 11.7. The highest BCUT2D eigenvalue weighted by molar-refractivity contribution is 5.74. The Balaban J connectivity index is 1.95. The summed E-state index contributed by atoms with van der Waals surface area (Å²) in [5.41, 5.74) is 2.14. The lowest BCUT2D eigenvalue weighted by Crippen LogP contribution is -2.38. The molecule has 0 aromatic carbocycles. The Morgan fingerprint density at radius 2 is 2.44 bits per heavy atom. The van der Waals surface area contributed by atoms with Crippen molar-refractivity contribution in [3.63, 3.8) is 0 Å². The van der Waals surface area contributed by atoms with Crippen LogP contribution in [-0.2, 0) is 18.4 Å². The lowest BCUT2D eigenvalue weighted by atomic mass is 10.1. The van der Waals surface area contributed by atoms with E-state index in [4.69, 9.17) is 5.11 Å². The van der Waals surface area contributed by atoms with Crippen LogP contribution in [0.2, 0.25) is 0 Å². The third-order valence-electron chi connectivity index (χ3n) is 3.21. The van der Waals surface area contributed by atoms with Crippen LogP contribution in [0.4, 0.5) is 0 Å². The van der Waals surface area contributed by atoms with Gasteiger partial charge in [-0.3, -0.25) is 14.8 Å². The van der Waals surface area contributed by atoms with Gasteiger partial charge in [-0.2, -0.15) is 5.10 Å². The first-order chi connectivity index (χ1) is 7.59. The molecule has 1 aromatic heterocycles. The Morgan fingerprint density at radius 1 is 1.75 bits per heavy atom. The van der Waals surface area contributed by atoms with Gasteiger partial charge in [0.1, 0.15) is 6.04 Å². The normalized spacial score (nSPS) is 17.4. The third-order valence-corrected chi connectivity index (χ3v) is 3.21. The largest absolute Gasteiger partial charge is 0.480 e.